The lowest BCUT2D eigenvalue weighted by Gasteiger charge is -2.29. The van der Waals surface area contributed by atoms with E-state index in [-0.39, 0.29) is 12.1 Å². The molecular weight excluding hydrogens is 464 g/mol. The monoisotopic (exact) mass is 490 g/mol. The topological polar surface area (TPSA) is 80.7 Å². The predicted molar refractivity (Wildman–Crippen MR) is 125 cm³/mol. The molecule has 35 heavy (non-hydrogen) atoms. The van der Waals surface area contributed by atoms with Gasteiger partial charge in [0.15, 0.2) is 5.82 Å². The first kappa shape index (κ1) is 23.5. The number of hydrogen-bond acceptors (Lipinski definition) is 5. The van der Waals surface area contributed by atoms with Gasteiger partial charge in [-0.25, -0.2) is 14.4 Å². The number of H-pyrrole nitrogens is 1. The Morgan fingerprint density at radius 1 is 1.14 bits per heavy atom. The molecule has 1 saturated carbocycles. The number of aryl methyl sites for hydroxylation is 1. The standard InChI is InChI=1S/C24H26F4N6O/c1-12(2)34-13(3)31-21-19(25)8-14(9-20(21)34)17-10-29-22-18(17)11-30-23(33-22)32-15-4-6-16(7-5-15)35-24(26,27)28/h8-12,15-16H,4-7H2,1-3H3,(H2,29,30,32,33). The zero-order chi connectivity index (χ0) is 24.9. The highest BCUT2D eigenvalue weighted by molar-refractivity contribution is 5.96. The van der Waals surface area contributed by atoms with Gasteiger partial charge < -0.3 is 14.9 Å². The van der Waals surface area contributed by atoms with Crippen molar-refractivity contribution in [3.63, 3.8) is 0 Å². The van der Waals surface area contributed by atoms with E-state index in [9.17, 15) is 17.6 Å². The number of imidazole rings is 1. The van der Waals surface area contributed by atoms with Crippen molar-refractivity contribution in [3.8, 4) is 11.1 Å². The molecule has 2 N–H and O–H groups in total. The van der Waals surface area contributed by atoms with E-state index in [0.717, 1.165) is 22.3 Å². The van der Waals surface area contributed by atoms with Crippen LogP contribution in [0, 0.1) is 12.7 Å². The van der Waals surface area contributed by atoms with Gasteiger partial charge in [0.2, 0.25) is 5.95 Å². The van der Waals surface area contributed by atoms with Crippen LogP contribution in [0.2, 0.25) is 0 Å². The molecule has 3 heterocycles. The van der Waals surface area contributed by atoms with Gasteiger partial charge in [-0.15, -0.1) is 13.2 Å². The molecule has 1 aliphatic rings. The molecule has 0 spiro atoms. The zero-order valence-corrected chi connectivity index (χ0v) is 19.6. The Hall–Kier alpha value is -3.21. The number of aromatic nitrogens is 5. The molecule has 0 saturated heterocycles. The molecule has 0 amide bonds. The fraction of sp³-hybridized carbons (Fsp3) is 0.458. The minimum absolute atomic E-state index is 0.0361. The summed E-state index contributed by atoms with van der Waals surface area (Å²) >= 11 is 0. The average molecular weight is 491 g/mol. The number of rotatable bonds is 5. The third-order valence-corrected chi connectivity index (χ3v) is 6.49. The number of hydrogen-bond donors (Lipinski definition) is 2. The normalized spacial score (nSPS) is 19.2. The van der Waals surface area contributed by atoms with Gasteiger partial charge in [0, 0.05) is 35.4 Å². The summed E-state index contributed by atoms with van der Waals surface area (Å²) < 4.78 is 58.4. The number of fused-ring (bicyclic) bond motifs is 2. The molecule has 1 fully saturated rings. The van der Waals surface area contributed by atoms with Crippen molar-refractivity contribution in [3.05, 3.63) is 36.2 Å². The Balaban J connectivity index is 1.37. The van der Waals surface area contributed by atoms with Crippen LogP contribution in [0.1, 0.15) is 51.4 Å². The maximum atomic E-state index is 14.9. The minimum atomic E-state index is -4.61. The summed E-state index contributed by atoms with van der Waals surface area (Å²) in [5.74, 6) is 0.753. The third-order valence-electron chi connectivity index (χ3n) is 6.49. The third kappa shape index (κ3) is 4.69. The van der Waals surface area contributed by atoms with E-state index in [4.69, 9.17) is 0 Å². The molecule has 0 unspecified atom stereocenters. The molecule has 0 bridgehead atoms. The van der Waals surface area contributed by atoms with Gasteiger partial charge in [-0.3, -0.25) is 4.74 Å². The molecule has 3 aromatic heterocycles. The quantitative estimate of drug-likeness (QED) is 0.323. The minimum Gasteiger partial charge on any atom is -0.351 e. The van der Waals surface area contributed by atoms with Crippen molar-refractivity contribution in [2.75, 3.05) is 5.32 Å². The summed E-state index contributed by atoms with van der Waals surface area (Å²) in [6.45, 7) is 5.92. The zero-order valence-electron chi connectivity index (χ0n) is 19.6. The summed E-state index contributed by atoms with van der Waals surface area (Å²) in [5.41, 5.74) is 3.12. The lowest BCUT2D eigenvalue weighted by atomic mass is 9.93. The van der Waals surface area contributed by atoms with Crippen LogP contribution in [-0.2, 0) is 4.74 Å². The highest BCUT2D eigenvalue weighted by atomic mass is 19.4. The number of ether oxygens (including phenoxy) is 1. The van der Waals surface area contributed by atoms with Gasteiger partial charge in [-0.2, -0.15) is 4.98 Å². The fourth-order valence-corrected chi connectivity index (χ4v) is 4.99. The molecule has 186 valence electrons. The van der Waals surface area contributed by atoms with Gasteiger partial charge in [0.05, 0.1) is 11.6 Å². The number of halogens is 4. The van der Waals surface area contributed by atoms with Gasteiger partial charge in [0.1, 0.15) is 17.0 Å². The number of anilines is 1. The smallest absolute Gasteiger partial charge is 0.351 e. The Morgan fingerprint density at radius 2 is 1.89 bits per heavy atom. The van der Waals surface area contributed by atoms with E-state index in [1.165, 1.54) is 6.07 Å². The van der Waals surface area contributed by atoms with Crippen molar-refractivity contribution in [2.24, 2.45) is 0 Å². The number of nitrogens with one attached hydrogen (secondary N) is 2. The van der Waals surface area contributed by atoms with Crippen molar-refractivity contribution < 1.29 is 22.3 Å². The van der Waals surface area contributed by atoms with Crippen LogP contribution in [-0.4, -0.2) is 43.0 Å². The van der Waals surface area contributed by atoms with Crippen LogP contribution in [0.4, 0.5) is 23.5 Å². The summed E-state index contributed by atoms with van der Waals surface area (Å²) in [7, 11) is 0. The SMILES string of the molecule is Cc1nc2c(F)cc(-c3c[nH]c4nc(NC5CCC(OC(F)(F)F)CC5)ncc34)cc2n1C(C)C. The van der Waals surface area contributed by atoms with Crippen molar-refractivity contribution in [1.29, 1.82) is 0 Å². The first-order chi connectivity index (χ1) is 16.6. The van der Waals surface area contributed by atoms with Gasteiger partial charge in [-0.1, -0.05) is 0 Å². The summed E-state index contributed by atoms with van der Waals surface area (Å²) in [6, 6.07) is 3.49. The van der Waals surface area contributed by atoms with Crippen LogP contribution in [0.5, 0.6) is 0 Å². The van der Waals surface area contributed by atoms with Crippen LogP contribution in [0.15, 0.2) is 24.5 Å². The Labute approximate surface area is 198 Å². The molecular formula is C24H26F4N6O. The first-order valence-corrected chi connectivity index (χ1v) is 11.6. The summed E-state index contributed by atoms with van der Waals surface area (Å²) in [6.07, 6.45) is -0.296. The highest BCUT2D eigenvalue weighted by Crippen LogP contribution is 2.34. The molecule has 0 atom stereocenters. The van der Waals surface area contributed by atoms with Crippen LogP contribution >= 0.6 is 0 Å². The number of nitrogens with zero attached hydrogens (tertiary/aromatic N) is 4. The number of alkyl halides is 3. The molecule has 7 nitrogen and oxygen atoms in total. The number of benzene rings is 1. The first-order valence-electron chi connectivity index (χ1n) is 11.6. The van der Waals surface area contributed by atoms with E-state index in [2.05, 4.69) is 30.0 Å². The number of aromatic amines is 1. The molecule has 4 aromatic rings. The lowest BCUT2D eigenvalue weighted by molar-refractivity contribution is -0.345. The predicted octanol–water partition coefficient (Wildman–Crippen LogP) is 6.26. The largest absolute Gasteiger partial charge is 0.522 e. The van der Waals surface area contributed by atoms with Crippen LogP contribution in [0.25, 0.3) is 33.2 Å². The van der Waals surface area contributed by atoms with Gasteiger partial charge in [0.25, 0.3) is 0 Å². The highest BCUT2D eigenvalue weighted by Gasteiger charge is 2.35. The Bertz CT molecular complexity index is 1370. The van der Waals surface area contributed by atoms with E-state index in [1.807, 2.05) is 31.4 Å². The average Bonchev–Trinajstić information content (AvgIpc) is 3.34. The maximum Gasteiger partial charge on any atom is 0.522 e. The molecule has 11 heteroatoms. The molecule has 1 aliphatic carbocycles. The Morgan fingerprint density at radius 3 is 2.57 bits per heavy atom. The maximum absolute atomic E-state index is 14.9. The fourth-order valence-electron chi connectivity index (χ4n) is 4.99. The second-order valence-electron chi connectivity index (χ2n) is 9.29. The Kier molecular flexibility index (Phi) is 5.90. The molecule has 5 rings (SSSR count). The summed E-state index contributed by atoms with van der Waals surface area (Å²) in [5, 5.41) is 3.95. The second-order valence-corrected chi connectivity index (χ2v) is 9.29. The summed E-state index contributed by atoms with van der Waals surface area (Å²) in [4.78, 5) is 16.5. The van der Waals surface area contributed by atoms with E-state index >= 15 is 0 Å². The van der Waals surface area contributed by atoms with Crippen LogP contribution in [0.3, 0.4) is 0 Å². The van der Waals surface area contributed by atoms with E-state index in [1.54, 1.807) is 12.4 Å². The van der Waals surface area contributed by atoms with Crippen molar-refractivity contribution in [2.45, 2.75) is 71.0 Å². The van der Waals surface area contributed by atoms with E-state index in [0.29, 0.717) is 48.4 Å². The molecule has 1 aromatic carbocycles. The lowest BCUT2D eigenvalue weighted by Crippen LogP contribution is -2.33. The van der Waals surface area contributed by atoms with Gasteiger partial charge >= 0.3 is 6.36 Å². The molecule has 0 radical (unpaired) electrons. The van der Waals surface area contributed by atoms with E-state index < -0.39 is 18.3 Å². The van der Waals surface area contributed by atoms with Gasteiger partial charge in [-0.05, 0) is 64.2 Å². The van der Waals surface area contributed by atoms with Crippen molar-refractivity contribution >= 4 is 28.0 Å². The van der Waals surface area contributed by atoms with Crippen LogP contribution < -0.4 is 5.32 Å². The molecule has 0 aliphatic heterocycles. The second kappa shape index (κ2) is 8.78. The van der Waals surface area contributed by atoms with Crippen molar-refractivity contribution in [1.82, 2.24) is 24.5 Å².